The van der Waals surface area contributed by atoms with Crippen molar-refractivity contribution in [2.75, 3.05) is 83.9 Å². The number of amides is 1. The molecule has 224 valence electrons. The van der Waals surface area contributed by atoms with Crippen LogP contribution in [0.2, 0.25) is 0 Å². The van der Waals surface area contributed by atoms with Gasteiger partial charge in [0.05, 0.1) is 31.1 Å². The monoisotopic (exact) mass is 586 g/mol. The third-order valence-corrected chi connectivity index (χ3v) is 7.20. The summed E-state index contributed by atoms with van der Waals surface area (Å²) in [6, 6.07) is 5.41. The standard InChI is InChI=1S/C24H38N6O9S/c25-40(38,39)20-5-3-19(4-6-20)26-21(31)15-27-7-1-8-29(17-23(34)35)13-14-30(18-24(36)37)10-2-9-28(12-11-27)16-22(32)33/h3-6H,1-2,7-18H2,(H,26,31)(H,32,33)(H,34,35)(H,36,37)(H2,25,38,39). The summed E-state index contributed by atoms with van der Waals surface area (Å²) in [5.41, 5.74) is 0.380. The number of benzene rings is 1. The Balaban J connectivity index is 2.11. The van der Waals surface area contributed by atoms with Crippen LogP contribution in [0.15, 0.2) is 29.2 Å². The third kappa shape index (κ3) is 13.3. The first kappa shape index (κ1) is 33.1. The van der Waals surface area contributed by atoms with Crippen molar-refractivity contribution in [1.29, 1.82) is 0 Å². The fourth-order valence-electron chi connectivity index (χ4n) is 4.39. The summed E-state index contributed by atoms with van der Waals surface area (Å²) < 4.78 is 22.9. The van der Waals surface area contributed by atoms with E-state index in [9.17, 15) is 42.9 Å². The van der Waals surface area contributed by atoms with Crippen molar-refractivity contribution in [1.82, 2.24) is 19.6 Å². The minimum Gasteiger partial charge on any atom is -0.480 e. The van der Waals surface area contributed by atoms with Gasteiger partial charge in [-0.05, 0) is 43.7 Å². The van der Waals surface area contributed by atoms with E-state index in [1.54, 1.807) is 14.7 Å². The number of nitrogens with zero attached hydrogens (tertiary/aromatic N) is 4. The van der Waals surface area contributed by atoms with E-state index in [0.717, 1.165) is 0 Å². The van der Waals surface area contributed by atoms with E-state index >= 15 is 0 Å². The second kappa shape index (κ2) is 16.2. The summed E-state index contributed by atoms with van der Waals surface area (Å²) in [6.07, 6.45) is 1.02. The van der Waals surface area contributed by atoms with Crippen molar-refractivity contribution < 1.29 is 42.9 Å². The molecule has 16 heteroatoms. The Hall–Kier alpha value is -3.15. The van der Waals surface area contributed by atoms with Crippen LogP contribution in [0.5, 0.6) is 0 Å². The van der Waals surface area contributed by atoms with E-state index in [4.69, 9.17) is 5.14 Å². The Morgan fingerprint density at radius 3 is 1.32 bits per heavy atom. The first-order valence-electron chi connectivity index (χ1n) is 12.8. The van der Waals surface area contributed by atoms with E-state index in [1.165, 1.54) is 24.3 Å². The first-order chi connectivity index (χ1) is 18.8. The molecule has 0 aliphatic carbocycles. The number of carboxylic acid groups (broad SMARTS) is 3. The minimum absolute atomic E-state index is 0.0246. The zero-order chi connectivity index (χ0) is 29.7. The number of carboxylic acids is 3. The smallest absolute Gasteiger partial charge is 0.317 e. The second-order valence-corrected chi connectivity index (χ2v) is 11.2. The van der Waals surface area contributed by atoms with Gasteiger partial charge in [0, 0.05) is 51.5 Å². The number of rotatable bonds is 10. The molecule has 1 heterocycles. The molecule has 0 bridgehead atoms. The van der Waals surface area contributed by atoms with Crippen LogP contribution in [0, 0.1) is 0 Å². The zero-order valence-corrected chi connectivity index (χ0v) is 23.1. The summed E-state index contributed by atoms with van der Waals surface area (Å²) in [4.78, 5) is 53.8. The zero-order valence-electron chi connectivity index (χ0n) is 22.3. The highest BCUT2D eigenvalue weighted by Gasteiger charge is 2.19. The maximum atomic E-state index is 12.8. The number of anilines is 1. The SMILES string of the molecule is NS(=O)(=O)c1ccc(NC(=O)CN2CCCN(CC(=O)O)CCN(CC(=O)O)CCCN(CC(=O)O)CC2)cc1. The molecule has 0 saturated carbocycles. The molecule has 1 aliphatic heterocycles. The van der Waals surface area contributed by atoms with Gasteiger partial charge >= 0.3 is 17.9 Å². The molecule has 0 atom stereocenters. The molecule has 6 N–H and O–H groups in total. The number of carbonyl (C=O) groups excluding carboxylic acids is 1. The molecule has 1 saturated heterocycles. The lowest BCUT2D eigenvalue weighted by Crippen LogP contribution is -2.45. The second-order valence-electron chi connectivity index (χ2n) is 9.61. The summed E-state index contributed by atoms with van der Waals surface area (Å²) in [5.74, 6) is -3.36. The lowest BCUT2D eigenvalue weighted by atomic mass is 10.2. The molecule has 0 aromatic heterocycles. The Morgan fingerprint density at radius 2 is 1.00 bits per heavy atom. The summed E-state index contributed by atoms with van der Waals surface area (Å²) in [6.45, 7) is 2.39. The molecular weight excluding hydrogens is 548 g/mol. The predicted molar refractivity (Wildman–Crippen MR) is 144 cm³/mol. The lowest BCUT2D eigenvalue weighted by Gasteiger charge is -2.30. The number of primary sulfonamides is 1. The van der Waals surface area contributed by atoms with Gasteiger partial charge in [0.15, 0.2) is 0 Å². The number of aliphatic carboxylic acids is 3. The molecule has 2 rings (SSSR count). The van der Waals surface area contributed by atoms with Crippen LogP contribution in [0.25, 0.3) is 0 Å². The van der Waals surface area contributed by atoms with Gasteiger partial charge < -0.3 is 20.6 Å². The average molecular weight is 587 g/mol. The Morgan fingerprint density at radius 1 is 0.650 bits per heavy atom. The van der Waals surface area contributed by atoms with Crippen molar-refractivity contribution in [2.24, 2.45) is 5.14 Å². The van der Waals surface area contributed by atoms with Gasteiger partial charge in [0.2, 0.25) is 15.9 Å². The molecule has 0 radical (unpaired) electrons. The summed E-state index contributed by atoms with van der Waals surface area (Å²) in [5, 5.41) is 35.7. The van der Waals surface area contributed by atoms with Gasteiger partial charge in [-0.2, -0.15) is 0 Å². The summed E-state index contributed by atoms with van der Waals surface area (Å²) >= 11 is 0. The lowest BCUT2D eigenvalue weighted by molar-refractivity contribution is -0.140. The molecule has 40 heavy (non-hydrogen) atoms. The number of hydrogen-bond donors (Lipinski definition) is 5. The van der Waals surface area contributed by atoms with E-state index in [0.29, 0.717) is 70.9 Å². The number of sulfonamides is 1. The molecule has 1 aliphatic rings. The van der Waals surface area contributed by atoms with Gasteiger partial charge in [-0.25, -0.2) is 13.6 Å². The molecule has 1 aromatic rings. The predicted octanol–water partition coefficient (Wildman–Crippen LogP) is -1.47. The van der Waals surface area contributed by atoms with Crippen molar-refractivity contribution in [3.05, 3.63) is 24.3 Å². The van der Waals surface area contributed by atoms with Gasteiger partial charge in [-0.1, -0.05) is 0 Å². The van der Waals surface area contributed by atoms with Crippen LogP contribution in [0.3, 0.4) is 0 Å². The summed E-state index contributed by atoms with van der Waals surface area (Å²) in [7, 11) is -3.87. The highest BCUT2D eigenvalue weighted by Crippen LogP contribution is 2.13. The highest BCUT2D eigenvalue weighted by molar-refractivity contribution is 7.89. The van der Waals surface area contributed by atoms with Crippen LogP contribution in [0.1, 0.15) is 12.8 Å². The first-order valence-corrected chi connectivity index (χ1v) is 14.3. The van der Waals surface area contributed by atoms with Crippen LogP contribution >= 0.6 is 0 Å². The molecule has 0 spiro atoms. The number of carbonyl (C=O) groups is 4. The van der Waals surface area contributed by atoms with Crippen molar-refractivity contribution in [2.45, 2.75) is 17.7 Å². The third-order valence-electron chi connectivity index (χ3n) is 6.27. The van der Waals surface area contributed by atoms with E-state index in [-0.39, 0.29) is 37.0 Å². The average Bonchev–Trinajstić information content (AvgIpc) is 2.83. The minimum atomic E-state index is -3.87. The van der Waals surface area contributed by atoms with Gasteiger partial charge in [-0.15, -0.1) is 0 Å². The van der Waals surface area contributed by atoms with Crippen LogP contribution in [0.4, 0.5) is 5.69 Å². The Bertz CT molecular complexity index is 1120. The fraction of sp³-hybridized carbons (Fsp3) is 0.583. The molecule has 15 nitrogen and oxygen atoms in total. The van der Waals surface area contributed by atoms with Crippen molar-refractivity contribution >= 4 is 39.5 Å². The molecule has 1 fully saturated rings. The van der Waals surface area contributed by atoms with Crippen molar-refractivity contribution in [3.63, 3.8) is 0 Å². The Labute approximate surface area is 233 Å². The number of nitrogens with two attached hydrogens (primary N) is 1. The Kier molecular flexibility index (Phi) is 13.4. The fourth-order valence-corrected chi connectivity index (χ4v) is 4.90. The highest BCUT2D eigenvalue weighted by atomic mass is 32.2. The maximum Gasteiger partial charge on any atom is 0.317 e. The largest absolute Gasteiger partial charge is 0.480 e. The molecule has 0 unspecified atom stereocenters. The van der Waals surface area contributed by atoms with E-state index < -0.39 is 27.9 Å². The van der Waals surface area contributed by atoms with Crippen molar-refractivity contribution in [3.8, 4) is 0 Å². The number of hydrogen-bond acceptors (Lipinski definition) is 10. The van der Waals surface area contributed by atoms with Gasteiger partial charge in [0.1, 0.15) is 0 Å². The molecule has 1 aromatic carbocycles. The van der Waals surface area contributed by atoms with Gasteiger partial charge in [-0.3, -0.25) is 38.8 Å². The van der Waals surface area contributed by atoms with Crippen LogP contribution < -0.4 is 10.5 Å². The molecule has 1 amide bonds. The van der Waals surface area contributed by atoms with E-state index in [2.05, 4.69) is 5.32 Å². The van der Waals surface area contributed by atoms with Gasteiger partial charge in [0.25, 0.3) is 0 Å². The normalized spacial score (nSPS) is 18.0. The topological polar surface area (TPSA) is 214 Å². The van der Waals surface area contributed by atoms with Crippen LogP contribution in [-0.4, -0.2) is 146 Å². The quantitative estimate of drug-likeness (QED) is 0.212. The van der Waals surface area contributed by atoms with E-state index in [1.807, 2.05) is 4.90 Å². The maximum absolute atomic E-state index is 12.8. The number of nitrogens with one attached hydrogen (secondary N) is 1. The molecular formula is C24H38N6O9S. The van der Waals surface area contributed by atoms with Crippen LogP contribution in [-0.2, 0) is 29.2 Å².